The maximum absolute atomic E-state index is 11.7. The molecule has 0 unspecified atom stereocenters. The second kappa shape index (κ2) is 6.51. The van der Waals surface area contributed by atoms with Gasteiger partial charge in [0.25, 0.3) is 5.56 Å². The van der Waals surface area contributed by atoms with Gasteiger partial charge in [0.2, 0.25) is 0 Å². The van der Waals surface area contributed by atoms with Crippen LogP contribution < -0.4 is 10.3 Å². The van der Waals surface area contributed by atoms with Gasteiger partial charge < -0.3 is 9.84 Å². The van der Waals surface area contributed by atoms with E-state index in [4.69, 9.17) is 9.84 Å². The highest BCUT2D eigenvalue weighted by Gasteiger charge is 2.06. The molecular formula is C15H14N2O4. The van der Waals surface area contributed by atoms with Crippen molar-refractivity contribution >= 4 is 12.0 Å². The third-order valence-electron chi connectivity index (χ3n) is 2.86. The molecule has 0 bridgehead atoms. The molecule has 108 valence electrons. The third-order valence-corrected chi connectivity index (χ3v) is 2.86. The van der Waals surface area contributed by atoms with E-state index in [9.17, 15) is 9.59 Å². The van der Waals surface area contributed by atoms with Gasteiger partial charge in [-0.05, 0) is 23.8 Å². The first-order valence-electron chi connectivity index (χ1n) is 6.18. The number of ether oxygens (including phenoxy) is 1. The van der Waals surface area contributed by atoms with Crippen LogP contribution in [0.5, 0.6) is 5.75 Å². The van der Waals surface area contributed by atoms with Gasteiger partial charge in [0, 0.05) is 23.9 Å². The molecule has 1 N–H and O–H groups in total. The lowest BCUT2D eigenvalue weighted by Crippen LogP contribution is -2.19. The summed E-state index contributed by atoms with van der Waals surface area (Å²) in [4.78, 5) is 26.2. The summed E-state index contributed by atoms with van der Waals surface area (Å²) in [5.41, 5.74) is 1.31. The fourth-order valence-corrected chi connectivity index (χ4v) is 1.87. The fourth-order valence-electron chi connectivity index (χ4n) is 1.87. The maximum Gasteiger partial charge on any atom is 0.328 e. The molecule has 1 aromatic carbocycles. The average molecular weight is 286 g/mol. The van der Waals surface area contributed by atoms with E-state index in [1.807, 2.05) is 0 Å². The topological polar surface area (TPSA) is 81.4 Å². The second-order valence-corrected chi connectivity index (χ2v) is 4.29. The Hall–Kier alpha value is -2.89. The maximum atomic E-state index is 11.7. The molecule has 0 radical (unpaired) electrons. The predicted molar refractivity (Wildman–Crippen MR) is 77.3 cm³/mol. The Morgan fingerprint density at radius 1 is 1.43 bits per heavy atom. The van der Waals surface area contributed by atoms with E-state index in [0.29, 0.717) is 17.9 Å². The molecule has 0 atom stereocenters. The van der Waals surface area contributed by atoms with Crippen molar-refractivity contribution in [3.63, 3.8) is 0 Å². The molecule has 6 nitrogen and oxygen atoms in total. The number of hydrogen-bond acceptors (Lipinski definition) is 4. The van der Waals surface area contributed by atoms with Crippen molar-refractivity contribution in [1.82, 2.24) is 9.55 Å². The summed E-state index contributed by atoms with van der Waals surface area (Å²) >= 11 is 0. The Morgan fingerprint density at radius 2 is 2.24 bits per heavy atom. The Balaban J connectivity index is 2.36. The Kier molecular flexibility index (Phi) is 4.50. The van der Waals surface area contributed by atoms with Gasteiger partial charge in [-0.3, -0.25) is 9.36 Å². The lowest BCUT2D eigenvalue weighted by Gasteiger charge is -2.10. The third kappa shape index (κ3) is 3.79. The highest BCUT2D eigenvalue weighted by molar-refractivity contribution is 5.85. The number of benzene rings is 1. The number of carboxylic acid groups (broad SMARTS) is 1. The van der Waals surface area contributed by atoms with E-state index in [1.165, 1.54) is 36.3 Å². The van der Waals surface area contributed by atoms with Crippen LogP contribution in [0.2, 0.25) is 0 Å². The first kappa shape index (κ1) is 14.5. The van der Waals surface area contributed by atoms with Crippen molar-refractivity contribution in [2.45, 2.75) is 6.54 Å². The van der Waals surface area contributed by atoms with Crippen LogP contribution in [0.15, 0.2) is 47.7 Å². The number of hydrogen-bond donors (Lipinski definition) is 1. The molecule has 0 saturated carbocycles. The zero-order chi connectivity index (χ0) is 15.2. The molecule has 1 heterocycles. The van der Waals surface area contributed by atoms with Gasteiger partial charge >= 0.3 is 5.97 Å². The predicted octanol–water partition coefficient (Wildman–Crippen LogP) is 1.40. The van der Waals surface area contributed by atoms with Gasteiger partial charge in [-0.1, -0.05) is 6.07 Å². The van der Waals surface area contributed by atoms with Crippen molar-refractivity contribution in [2.75, 3.05) is 7.11 Å². The largest absolute Gasteiger partial charge is 0.496 e. The molecule has 21 heavy (non-hydrogen) atoms. The van der Waals surface area contributed by atoms with Crippen LogP contribution in [0.25, 0.3) is 6.08 Å². The zero-order valence-corrected chi connectivity index (χ0v) is 11.4. The minimum absolute atomic E-state index is 0.168. The molecule has 2 rings (SSSR count). The van der Waals surface area contributed by atoms with E-state index in [1.54, 1.807) is 18.2 Å². The van der Waals surface area contributed by atoms with Gasteiger partial charge in [-0.2, -0.15) is 0 Å². The van der Waals surface area contributed by atoms with Gasteiger partial charge in [0.15, 0.2) is 0 Å². The number of carboxylic acids is 1. The summed E-state index contributed by atoms with van der Waals surface area (Å²) in [5, 5.41) is 8.65. The minimum Gasteiger partial charge on any atom is -0.496 e. The summed E-state index contributed by atoms with van der Waals surface area (Å²) in [6.45, 7) is 0.296. The van der Waals surface area contributed by atoms with Crippen LogP contribution >= 0.6 is 0 Å². The van der Waals surface area contributed by atoms with Crippen molar-refractivity contribution in [3.8, 4) is 5.75 Å². The smallest absolute Gasteiger partial charge is 0.328 e. The molecule has 1 aromatic heterocycles. The monoisotopic (exact) mass is 286 g/mol. The standard InChI is InChI=1S/C15H14N2O4/c1-21-13-4-2-11(3-5-15(19)20)8-12(13)9-17-10-16-7-6-14(17)18/h2-8,10H,9H2,1H3,(H,19,20). The number of methoxy groups -OCH3 is 1. The molecule has 0 spiro atoms. The van der Waals surface area contributed by atoms with Gasteiger partial charge in [0.05, 0.1) is 20.0 Å². The molecule has 0 fully saturated rings. The summed E-state index contributed by atoms with van der Waals surface area (Å²) < 4.78 is 6.71. The summed E-state index contributed by atoms with van der Waals surface area (Å²) in [6.07, 6.45) is 5.42. The zero-order valence-electron chi connectivity index (χ0n) is 11.4. The second-order valence-electron chi connectivity index (χ2n) is 4.29. The van der Waals surface area contributed by atoms with Crippen LogP contribution in [-0.4, -0.2) is 27.7 Å². The molecule has 2 aromatic rings. The summed E-state index contributed by atoms with van der Waals surface area (Å²) in [7, 11) is 1.54. The van der Waals surface area contributed by atoms with E-state index in [0.717, 1.165) is 11.6 Å². The van der Waals surface area contributed by atoms with Crippen molar-refractivity contribution < 1.29 is 14.6 Å². The molecule has 0 aliphatic carbocycles. The molecule has 0 saturated heterocycles. The van der Waals surface area contributed by atoms with Gasteiger partial charge in [0.1, 0.15) is 5.75 Å². The normalized spacial score (nSPS) is 10.7. The van der Waals surface area contributed by atoms with E-state index < -0.39 is 5.97 Å². The lowest BCUT2D eigenvalue weighted by atomic mass is 10.1. The first-order valence-corrected chi connectivity index (χ1v) is 6.18. The van der Waals surface area contributed by atoms with Crippen LogP contribution in [0.1, 0.15) is 11.1 Å². The first-order chi connectivity index (χ1) is 10.1. The number of carbonyl (C=O) groups is 1. The average Bonchev–Trinajstić information content (AvgIpc) is 2.47. The fraction of sp³-hybridized carbons (Fsp3) is 0.133. The van der Waals surface area contributed by atoms with Gasteiger partial charge in [-0.15, -0.1) is 0 Å². The number of rotatable bonds is 5. The number of aromatic nitrogens is 2. The quantitative estimate of drug-likeness (QED) is 0.840. The molecule has 0 amide bonds. The van der Waals surface area contributed by atoms with Crippen molar-refractivity contribution in [2.24, 2.45) is 0 Å². The van der Waals surface area contributed by atoms with E-state index in [-0.39, 0.29) is 5.56 Å². The highest BCUT2D eigenvalue weighted by atomic mass is 16.5. The lowest BCUT2D eigenvalue weighted by molar-refractivity contribution is -0.131. The Morgan fingerprint density at radius 3 is 2.90 bits per heavy atom. The number of nitrogens with zero attached hydrogens (tertiary/aromatic N) is 2. The van der Waals surface area contributed by atoms with E-state index >= 15 is 0 Å². The Labute approximate surface area is 121 Å². The summed E-state index contributed by atoms with van der Waals surface area (Å²) in [5.74, 6) is -0.394. The van der Waals surface area contributed by atoms with Crippen LogP contribution in [0.4, 0.5) is 0 Å². The van der Waals surface area contributed by atoms with Crippen molar-refractivity contribution in [3.05, 3.63) is 64.3 Å². The van der Waals surface area contributed by atoms with Crippen LogP contribution in [0.3, 0.4) is 0 Å². The van der Waals surface area contributed by atoms with Crippen LogP contribution in [0, 0.1) is 0 Å². The molecule has 0 aliphatic heterocycles. The van der Waals surface area contributed by atoms with Crippen LogP contribution in [-0.2, 0) is 11.3 Å². The number of aliphatic carboxylic acids is 1. The Bertz CT molecular complexity index is 734. The molecule has 0 aliphatic rings. The summed E-state index contributed by atoms with van der Waals surface area (Å²) in [6, 6.07) is 6.63. The minimum atomic E-state index is -1.02. The van der Waals surface area contributed by atoms with Gasteiger partial charge in [-0.25, -0.2) is 9.78 Å². The molecule has 6 heteroatoms. The molecular weight excluding hydrogens is 272 g/mol. The van der Waals surface area contributed by atoms with E-state index in [2.05, 4.69) is 4.98 Å². The highest BCUT2D eigenvalue weighted by Crippen LogP contribution is 2.21. The SMILES string of the molecule is COc1ccc(C=CC(=O)O)cc1Cn1cnccc1=O. The van der Waals surface area contributed by atoms with Crippen molar-refractivity contribution in [1.29, 1.82) is 0 Å².